The molecule has 120 valence electrons. The van der Waals surface area contributed by atoms with Crippen molar-refractivity contribution < 1.29 is 4.79 Å². The number of hydrogen-bond acceptors (Lipinski definition) is 2. The van der Waals surface area contributed by atoms with Crippen molar-refractivity contribution in [1.29, 1.82) is 0 Å². The number of fused-ring (bicyclic) bond motifs is 1. The van der Waals surface area contributed by atoms with E-state index < -0.39 is 0 Å². The summed E-state index contributed by atoms with van der Waals surface area (Å²) in [5, 5.41) is 3.23. The smallest absolute Gasteiger partial charge is 0.238 e. The molecule has 1 aromatic rings. The van der Waals surface area contributed by atoms with E-state index in [0.717, 1.165) is 0 Å². The molecule has 0 unspecified atom stereocenters. The maximum absolute atomic E-state index is 12.6. The minimum Gasteiger partial charge on any atom is -0.348 e. The van der Waals surface area contributed by atoms with Gasteiger partial charge in [-0.1, -0.05) is 18.2 Å². The van der Waals surface area contributed by atoms with Crippen LogP contribution in [0.25, 0.3) is 0 Å². The Morgan fingerprint density at radius 1 is 1.18 bits per heavy atom. The summed E-state index contributed by atoms with van der Waals surface area (Å²) in [7, 11) is 4.01. The molecule has 2 atom stereocenters. The van der Waals surface area contributed by atoms with Gasteiger partial charge in [0, 0.05) is 0 Å². The van der Waals surface area contributed by atoms with Crippen molar-refractivity contribution >= 4 is 5.91 Å². The maximum atomic E-state index is 12.6. The molecule has 3 rings (SSSR count). The Bertz CT molecular complexity index is 546. The molecule has 0 aromatic heterocycles. The lowest BCUT2D eigenvalue weighted by Crippen LogP contribution is -2.45. The Hall–Kier alpha value is -1.35. The third-order valence-electron chi connectivity index (χ3n) is 5.12. The topological polar surface area (TPSA) is 32.3 Å². The number of amides is 1. The van der Waals surface area contributed by atoms with E-state index >= 15 is 0 Å². The Morgan fingerprint density at radius 3 is 2.50 bits per heavy atom. The van der Waals surface area contributed by atoms with Gasteiger partial charge in [-0.25, -0.2) is 0 Å². The van der Waals surface area contributed by atoms with Gasteiger partial charge in [-0.15, -0.1) is 0 Å². The van der Waals surface area contributed by atoms with Gasteiger partial charge < -0.3 is 5.32 Å². The Kier molecular flexibility index (Phi) is 4.53. The van der Waals surface area contributed by atoms with Gasteiger partial charge in [0.05, 0.1) is 12.1 Å². The van der Waals surface area contributed by atoms with Crippen LogP contribution in [0.5, 0.6) is 0 Å². The lowest BCUT2D eigenvalue weighted by Gasteiger charge is -2.26. The van der Waals surface area contributed by atoms with Crippen LogP contribution in [0.2, 0.25) is 0 Å². The highest BCUT2D eigenvalue weighted by Gasteiger charge is 2.37. The molecule has 1 amide bonds. The summed E-state index contributed by atoms with van der Waals surface area (Å²) in [6.45, 7) is 2.10. The highest BCUT2D eigenvalue weighted by atomic mass is 16.2. The number of hydrogen-bond donors (Lipinski definition) is 1. The number of carbonyl (C=O) groups is 1. The molecule has 1 saturated carbocycles. The van der Waals surface area contributed by atoms with Gasteiger partial charge in [0.2, 0.25) is 5.91 Å². The van der Waals surface area contributed by atoms with Crippen LogP contribution in [0, 0.1) is 5.92 Å². The fourth-order valence-corrected chi connectivity index (χ4v) is 3.69. The molecule has 1 fully saturated rings. The SMILES string of the molecule is C[C@@H](NC(=O)[C@@H](C1CC1)N(C)C)c1ccc2c(c1)CCCC2. The van der Waals surface area contributed by atoms with E-state index in [1.807, 2.05) is 14.1 Å². The summed E-state index contributed by atoms with van der Waals surface area (Å²) in [5.74, 6) is 0.725. The standard InChI is InChI=1S/C19H28N2O/c1-13(20-19(22)18(21(2)3)15-9-10-15)16-11-8-14-6-4-5-7-17(14)12-16/h8,11-13,15,18H,4-7,9-10H2,1-3H3,(H,20,22)/t13-,18-/m1/s1. The summed E-state index contributed by atoms with van der Waals surface area (Å²) in [4.78, 5) is 14.6. The number of carbonyl (C=O) groups excluding carboxylic acids is 1. The van der Waals surface area contributed by atoms with Crippen molar-refractivity contribution in [2.75, 3.05) is 14.1 Å². The Balaban J connectivity index is 1.68. The van der Waals surface area contributed by atoms with Crippen LogP contribution < -0.4 is 5.32 Å². The first-order valence-electron chi connectivity index (χ1n) is 8.65. The predicted octanol–water partition coefficient (Wildman–Crippen LogP) is 3.08. The molecule has 1 N–H and O–H groups in total. The molecule has 22 heavy (non-hydrogen) atoms. The van der Waals surface area contributed by atoms with Crippen LogP contribution in [0.1, 0.15) is 55.3 Å². The van der Waals surface area contributed by atoms with Crippen LogP contribution in [0.3, 0.4) is 0 Å². The summed E-state index contributed by atoms with van der Waals surface area (Å²) in [6.07, 6.45) is 7.37. The molecule has 0 radical (unpaired) electrons. The molecule has 3 nitrogen and oxygen atoms in total. The van der Waals surface area contributed by atoms with Crippen LogP contribution in [-0.2, 0) is 17.6 Å². The lowest BCUT2D eigenvalue weighted by molar-refractivity contribution is -0.126. The van der Waals surface area contributed by atoms with E-state index in [9.17, 15) is 4.79 Å². The summed E-state index contributed by atoms with van der Waals surface area (Å²) in [5.41, 5.74) is 4.22. The highest BCUT2D eigenvalue weighted by Crippen LogP contribution is 2.35. The second-order valence-corrected chi connectivity index (χ2v) is 7.21. The van der Waals surface area contributed by atoms with E-state index in [0.29, 0.717) is 5.92 Å². The minimum absolute atomic E-state index is 0.0278. The molecule has 0 heterocycles. The normalized spacial score (nSPS) is 20.4. The molecule has 0 spiro atoms. The zero-order valence-electron chi connectivity index (χ0n) is 14.1. The second-order valence-electron chi connectivity index (χ2n) is 7.21. The molecule has 3 heteroatoms. The van der Waals surface area contributed by atoms with Gasteiger partial charge in [-0.2, -0.15) is 0 Å². The number of aryl methyl sites for hydroxylation is 2. The zero-order chi connectivity index (χ0) is 15.7. The third-order valence-corrected chi connectivity index (χ3v) is 5.12. The van der Waals surface area contributed by atoms with Crippen molar-refractivity contribution in [1.82, 2.24) is 10.2 Å². The molecular weight excluding hydrogens is 272 g/mol. The lowest BCUT2D eigenvalue weighted by atomic mass is 9.89. The van der Waals surface area contributed by atoms with Crippen LogP contribution in [-0.4, -0.2) is 30.9 Å². The van der Waals surface area contributed by atoms with Gasteiger partial charge in [0.25, 0.3) is 0 Å². The average molecular weight is 300 g/mol. The van der Waals surface area contributed by atoms with Crippen molar-refractivity contribution in [3.63, 3.8) is 0 Å². The molecule has 2 aliphatic carbocycles. The van der Waals surface area contributed by atoms with Gasteiger partial charge in [0.15, 0.2) is 0 Å². The predicted molar refractivity (Wildman–Crippen MR) is 89.8 cm³/mol. The highest BCUT2D eigenvalue weighted by molar-refractivity contribution is 5.82. The van der Waals surface area contributed by atoms with Crippen LogP contribution in [0.4, 0.5) is 0 Å². The van der Waals surface area contributed by atoms with E-state index in [1.165, 1.54) is 55.2 Å². The molecule has 0 saturated heterocycles. The summed E-state index contributed by atoms with van der Waals surface area (Å²) >= 11 is 0. The Morgan fingerprint density at radius 2 is 1.86 bits per heavy atom. The molecule has 0 aliphatic heterocycles. The molecule has 0 bridgehead atoms. The first-order valence-corrected chi connectivity index (χ1v) is 8.65. The van der Waals surface area contributed by atoms with Gasteiger partial charge in [0.1, 0.15) is 0 Å². The number of rotatable bonds is 5. The number of nitrogens with one attached hydrogen (secondary N) is 1. The van der Waals surface area contributed by atoms with E-state index in [4.69, 9.17) is 0 Å². The van der Waals surface area contributed by atoms with Crippen molar-refractivity contribution in [3.05, 3.63) is 34.9 Å². The fraction of sp³-hybridized carbons (Fsp3) is 0.632. The van der Waals surface area contributed by atoms with Crippen molar-refractivity contribution in [2.24, 2.45) is 5.92 Å². The van der Waals surface area contributed by atoms with E-state index in [2.05, 4.69) is 35.3 Å². The van der Waals surface area contributed by atoms with Crippen molar-refractivity contribution in [2.45, 2.75) is 57.5 Å². The van der Waals surface area contributed by atoms with Crippen LogP contribution >= 0.6 is 0 Å². The first-order chi connectivity index (χ1) is 10.6. The summed E-state index contributed by atoms with van der Waals surface area (Å²) < 4.78 is 0. The monoisotopic (exact) mass is 300 g/mol. The average Bonchev–Trinajstić information content (AvgIpc) is 3.31. The Labute approximate surface area is 134 Å². The zero-order valence-corrected chi connectivity index (χ0v) is 14.1. The summed E-state index contributed by atoms with van der Waals surface area (Å²) in [6, 6.07) is 6.87. The molecule has 2 aliphatic rings. The number of nitrogens with zero attached hydrogens (tertiary/aromatic N) is 1. The van der Waals surface area contributed by atoms with Gasteiger partial charge in [-0.3, -0.25) is 9.69 Å². The number of likely N-dealkylation sites (N-methyl/N-ethyl adjacent to an activating group) is 1. The van der Waals surface area contributed by atoms with Crippen LogP contribution in [0.15, 0.2) is 18.2 Å². The third kappa shape index (κ3) is 3.35. The maximum Gasteiger partial charge on any atom is 0.238 e. The fourth-order valence-electron chi connectivity index (χ4n) is 3.69. The van der Waals surface area contributed by atoms with E-state index in [-0.39, 0.29) is 18.0 Å². The number of benzene rings is 1. The molecular formula is C19H28N2O. The largest absolute Gasteiger partial charge is 0.348 e. The quantitative estimate of drug-likeness (QED) is 0.906. The minimum atomic E-state index is 0.0278. The van der Waals surface area contributed by atoms with Gasteiger partial charge >= 0.3 is 0 Å². The second kappa shape index (κ2) is 6.41. The van der Waals surface area contributed by atoms with Crippen molar-refractivity contribution in [3.8, 4) is 0 Å². The first kappa shape index (κ1) is 15.5. The van der Waals surface area contributed by atoms with Gasteiger partial charge in [-0.05, 0) is 82.2 Å². The van der Waals surface area contributed by atoms with E-state index in [1.54, 1.807) is 0 Å². The molecule has 1 aromatic carbocycles.